The third-order valence-electron chi connectivity index (χ3n) is 4.37. The van der Waals surface area contributed by atoms with Crippen molar-refractivity contribution in [3.8, 4) is 11.4 Å². The standard InChI is InChI=1S/C19H24Cl2N4O2/c1-19(2,3)23-18(26)12-5-4-8-25(10-12)11-16-22-17(24-27-16)14-7-6-13(20)9-15(14)21/h6-7,9,12H,4-5,8,10-11H2,1-3H3,(H,23,26). The summed E-state index contributed by atoms with van der Waals surface area (Å²) in [5, 5.41) is 8.13. The number of halogens is 2. The molecule has 1 unspecified atom stereocenters. The van der Waals surface area contributed by atoms with Crippen molar-refractivity contribution in [3.63, 3.8) is 0 Å². The van der Waals surface area contributed by atoms with Crippen LogP contribution in [0.1, 0.15) is 39.5 Å². The fourth-order valence-electron chi connectivity index (χ4n) is 3.18. The van der Waals surface area contributed by atoms with Gasteiger partial charge in [0.1, 0.15) is 0 Å². The van der Waals surface area contributed by atoms with E-state index in [9.17, 15) is 4.79 Å². The van der Waals surface area contributed by atoms with Crippen LogP contribution >= 0.6 is 23.2 Å². The number of nitrogens with zero attached hydrogens (tertiary/aromatic N) is 3. The molecular weight excluding hydrogens is 387 g/mol. The molecule has 6 nitrogen and oxygen atoms in total. The molecule has 0 aliphatic carbocycles. The Kier molecular flexibility index (Phi) is 6.08. The zero-order chi connectivity index (χ0) is 19.6. The highest BCUT2D eigenvalue weighted by Crippen LogP contribution is 2.28. The number of benzene rings is 1. The van der Waals surface area contributed by atoms with E-state index in [0.29, 0.717) is 40.4 Å². The van der Waals surface area contributed by atoms with Crippen LogP contribution in [0.15, 0.2) is 22.7 Å². The smallest absolute Gasteiger partial charge is 0.241 e. The second-order valence-electron chi connectivity index (χ2n) is 7.95. The molecule has 1 atom stereocenters. The third-order valence-corrected chi connectivity index (χ3v) is 4.92. The van der Waals surface area contributed by atoms with Gasteiger partial charge in [0.15, 0.2) is 0 Å². The molecule has 8 heteroatoms. The van der Waals surface area contributed by atoms with Crippen LogP contribution in [-0.4, -0.2) is 39.6 Å². The first-order chi connectivity index (χ1) is 12.7. The summed E-state index contributed by atoms with van der Waals surface area (Å²) in [7, 11) is 0. The summed E-state index contributed by atoms with van der Waals surface area (Å²) in [4.78, 5) is 19.1. The largest absolute Gasteiger partial charge is 0.351 e. The molecule has 146 valence electrons. The van der Waals surface area contributed by atoms with Gasteiger partial charge in [-0.25, -0.2) is 0 Å². The molecule has 1 aromatic carbocycles. The van der Waals surface area contributed by atoms with Gasteiger partial charge in [0.2, 0.25) is 17.6 Å². The number of rotatable bonds is 4. The summed E-state index contributed by atoms with van der Waals surface area (Å²) in [6.45, 7) is 8.08. The predicted molar refractivity (Wildman–Crippen MR) is 106 cm³/mol. The van der Waals surface area contributed by atoms with Crippen molar-refractivity contribution in [2.45, 2.75) is 45.7 Å². The molecule has 3 rings (SSSR count). The highest BCUT2D eigenvalue weighted by molar-refractivity contribution is 6.36. The molecule has 0 saturated carbocycles. The lowest BCUT2D eigenvalue weighted by Crippen LogP contribution is -2.48. The van der Waals surface area contributed by atoms with Crippen molar-refractivity contribution in [1.82, 2.24) is 20.4 Å². The minimum Gasteiger partial charge on any atom is -0.351 e. The number of hydrogen-bond donors (Lipinski definition) is 1. The SMILES string of the molecule is CC(C)(C)NC(=O)C1CCCN(Cc2nc(-c3ccc(Cl)cc3Cl)no2)C1. The van der Waals surface area contributed by atoms with Gasteiger partial charge in [-0.2, -0.15) is 4.98 Å². The number of likely N-dealkylation sites (tertiary alicyclic amines) is 1. The average molecular weight is 411 g/mol. The molecule has 2 aromatic rings. The zero-order valence-corrected chi connectivity index (χ0v) is 17.3. The van der Waals surface area contributed by atoms with Crippen molar-refractivity contribution < 1.29 is 9.32 Å². The lowest BCUT2D eigenvalue weighted by molar-refractivity contribution is -0.128. The van der Waals surface area contributed by atoms with Crippen LogP contribution in [0.5, 0.6) is 0 Å². The van der Waals surface area contributed by atoms with Crippen LogP contribution in [0.4, 0.5) is 0 Å². The fraction of sp³-hybridized carbons (Fsp3) is 0.526. The Morgan fingerprint density at radius 2 is 2.15 bits per heavy atom. The van der Waals surface area contributed by atoms with E-state index in [2.05, 4.69) is 20.4 Å². The molecule has 1 aromatic heterocycles. The fourth-order valence-corrected chi connectivity index (χ4v) is 3.67. The van der Waals surface area contributed by atoms with Crippen molar-refractivity contribution in [3.05, 3.63) is 34.1 Å². The molecule has 1 saturated heterocycles. The van der Waals surface area contributed by atoms with Gasteiger partial charge < -0.3 is 9.84 Å². The van der Waals surface area contributed by atoms with Crippen LogP contribution in [0.25, 0.3) is 11.4 Å². The lowest BCUT2D eigenvalue weighted by Gasteiger charge is -2.32. The summed E-state index contributed by atoms with van der Waals surface area (Å²) in [6.07, 6.45) is 1.86. The Morgan fingerprint density at radius 3 is 2.85 bits per heavy atom. The Hall–Kier alpha value is -1.63. The average Bonchev–Trinajstić information content (AvgIpc) is 3.01. The predicted octanol–water partition coefficient (Wildman–Crippen LogP) is 4.17. The van der Waals surface area contributed by atoms with Gasteiger partial charge >= 0.3 is 0 Å². The molecule has 1 amide bonds. The number of amides is 1. The molecule has 0 radical (unpaired) electrons. The molecule has 1 fully saturated rings. The van der Waals surface area contributed by atoms with Gasteiger partial charge in [0.05, 0.1) is 17.5 Å². The van der Waals surface area contributed by atoms with Crippen molar-refractivity contribution in [1.29, 1.82) is 0 Å². The van der Waals surface area contributed by atoms with E-state index in [-0.39, 0.29) is 17.4 Å². The molecule has 1 N–H and O–H groups in total. The van der Waals surface area contributed by atoms with Gasteiger partial charge in [-0.15, -0.1) is 0 Å². The summed E-state index contributed by atoms with van der Waals surface area (Å²) < 4.78 is 5.39. The van der Waals surface area contributed by atoms with Gasteiger partial charge in [-0.1, -0.05) is 28.4 Å². The third kappa shape index (κ3) is 5.43. The van der Waals surface area contributed by atoms with Crippen molar-refractivity contribution in [2.75, 3.05) is 13.1 Å². The minimum absolute atomic E-state index is 0.0222. The van der Waals surface area contributed by atoms with E-state index >= 15 is 0 Å². The first-order valence-corrected chi connectivity index (χ1v) is 9.79. The zero-order valence-electron chi connectivity index (χ0n) is 15.8. The van der Waals surface area contributed by atoms with E-state index in [1.165, 1.54) is 0 Å². The maximum absolute atomic E-state index is 12.5. The van der Waals surface area contributed by atoms with E-state index in [0.717, 1.165) is 19.4 Å². The van der Waals surface area contributed by atoms with Gasteiger partial charge in [-0.05, 0) is 58.4 Å². The maximum Gasteiger partial charge on any atom is 0.241 e. The molecule has 27 heavy (non-hydrogen) atoms. The Morgan fingerprint density at radius 1 is 1.37 bits per heavy atom. The van der Waals surface area contributed by atoms with E-state index < -0.39 is 0 Å². The summed E-state index contributed by atoms with van der Waals surface area (Å²) in [5.41, 5.74) is 0.454. The highest BCUT2D eigenvalue weighted by Gasteiger charge is 2.28. The Balaban J connectivity index is 1.64. The number of carbonyl (C=O) groups excluding carboxylic acids is 1. The summed E-state index contributed by atoms with van der Waals surface area (Å²) >= 11 is 12.1. The van der Waals surface area contributed by atoms with E-state index in [1.807, 2.05) is 20.8 Å². The molecule has 2 heterocycles. The number of carbonyl (C=O) groups is 1. The number of piperidine rings is 1. The molecular formula is C19H24Cl2N4O2. The van der Waals surface area contributed by atoms with Crippen LogP contribution in [-0.2, 0) is 11.3 Å². The second kappa shape index (κ2) is 8.17. The summed E-state index contributed by atoms with van der Waals surface area (Å²) in [5.74, 6) is 1.02. The topological polar surface area (TPSA) is 71.3 Å². The maximum atomic E-state index is 12.5. The number of hydrogen-bond acceptors (Lipinski definition) is 5. The quantitative estimate of drug-likeness (QED) is 0.818. The lowest BCUT2D eigenvalue weighted by atomic mass is 9.95. The van der Waals surface area contributed by atoms with Gasteiger partial charge in [0, 0.05) is 22.7 Å². The van der Waals surface area contributed by atoms with Crippen LogP contribution in [0, 0.1) is 5.92 Å². The second-order valence-corrected chi connectivity index (χ2v) is 8.79. The highest BCUT2D eigenvalue weighted by atomic mass is 35.5. The van der Waals surface area contributed by atoms with Gasteiger partial charge in [-0.3, -0.25) is 9.69 Å². The number of nitrogens with one attached hydrogen (secondary N) is 1. The first kappa shape index (κ1) is 20.1. The number of aromatic nitrogens is 2. The molecule has 0 spiro atoms. The molecule has 1 aliphatic rings. The Labute approximate surface area is 169 Å². The summed E-state index contributed by atoms with van der Waals surface area (Å²) in [6, 6.07) is 5.16. The monoisotopic (exact) mass is 410 g/mol. The van der Waals surface area contributed by atoms with Crippen LogP contribution in [0.3, 0.4) is 0 Å². The van der Waals surface area contributed by atoms with E-state index in [4.69, 9.17) is 27.7 Å². The normalized spacial score (nSPS) is 18.5. The van der Waals surface area contributed by atoms with E-state index in [1.54, 1.807) is 18.2 Å². The van der Waals surface area contributed by atoms with Crippen molar-refractivity contribution in [2.24, 2.45) is 5.92 Å². The minimum atomic E-state index is -0.224. The molecule has 1 aliphatic heterocycles. The molecule has 0 bridgehead atoms. The van der Waals surface area contributed by atoms with Gasteiger partial charge in [0.25, 0.3) is 0 Å². The Bertz CT molecular complexity index is 816. The van der Waals surface area contributed by atoms with Crippen LogP contribution < -0.4 is 5.32 Å². The first-order valence-electron chi connectivity index (χ1n) is 9.04. The van der Waals surface area contributed by atoms with Crippen molar-refractivity contribution >= 4 is 29.1 Å². The van der Waals surface area contributed by atoms with Crippen LogP contribution in [0.2, 0.25) is 10.0 Å².